The first-order valence-corrected chi connectivity index (χ1v) is 7.62. The molecular weight excluding hydrogens is 314 g/mol. The van der Waals surface area contributed by atoms with Gasteiger partial charge in [-0.3, -0.25) is 10.2 Å². The second-order valence-electron chi connectivity index (χ2n) is 4.50. The monoisotopic (exact) mass is 326 g/mol. The number of hydrogen-bond donors (Lipinski definition) is 2. The largest absolute Gasteiger partial charge is 0.273 e. The molecule has 0 aromatic heterocycles. The van der Waals surface area contributed by atoms with Crippen LogP contribution in [-0.4, -0.2) is 14.3 Å². The Morgan fingerprint density at radius 2 is 1.68 bits per heavy atom. The Morgan fingerprint density at radius 3 is 2.27 bits per heavy atom. The Kier molecular flexibility index (Phi) is 4.53. The lowest BCUT2D eigenvalue weighted by Crippen LogP contribution is -2.41. The molecule has 0 spiro atoms. The first-order valence-electron chi connectivity index (χ1n) is 6.13. The molecule has 0 aliphatic rings. The number of hydrogen-bond acceptors (Lipinski definition) is 3. The molecule has 0 atom stereocenters. The minimum atomic E-state index is -4.34. The fourth-order valence-corrected chi connectivity index (χ4v) is 2.54. The predicted octanol–water partition coefficient (Wildman–Crippen LogP) is 1.90. The highest BCUT2D eigenvalue weighted by molar-refractivity contribution is 7.89. The Balaban J connectivity index is 2.12. The summed E-state index contributed by atoms with van der Waals surface area (Å²) in [5, 5.41) is 0. The van der Waals surface area contributed by atoms with E-state index >= 15 is 0 Å². The van der Waals surface area contributed by atoms with Crippen molar-refractivity contribution in [3.8, 4) is 0 Å². The van der Waals surface area contributed by atoms with Crippen molar-refractivity contribution in [3.63, 3.8) is 0 Å². The molecule has 0 fully saturated rings. The number of sulfonamides is 1. The second kappa shape index (κ2) is 6.20. The number of nitrogens with one attached hydrogen (secondary N) is 2. The van der Waals surface area contributed by atoms with Gasteiger partial charge < -0.3 is 0 Å². The van der Waals surface area contributed by atoms with E-state index in [9.17, 15) is 22.0 Å². The number of carbonyl (C=O) groups excluding carboxylic acids is 1. The minimum absolute atomic E-state index is 0.230. The first kappa shape index (κ1) is 16.1. The van der Waals surface area contributed by atoms with Crippen LogP contribution in [0.1, 0.15) is 15.9 Å². The van der Waals surface area contributed by atoms with Gasteiger partial charge in [-0.1, -0.05) is 17.7 Å². The summed E-state index contributed by atoms with van der Waals surface area (Å²) >= 11 is 0. The highest BCUT2D eigenvalue weighted by Crippen LogP contribution is 2.14. The van der Waals surface area contributed by atoms with Crippen LogP contribution in [0.4, 0.5) is 8.78 Å². The number of amides is 1. The molecule has 116 valence electrons. The van der Waals surface area contributed by atoms with Crippen molar-refractivity contribution >= 4 is 15.9 Å². The molecule has 5 nitrogen and oxygen atoms in total. The summed E-state index contributed by atoms with van der Waals surface area (Å²) in [5.74, 6) is -2.86. The standard InChI is InChI=1S/C14H12F2N2O3S/c1-9-2-4-10(5-3-9)14(19)17-18-22(20,21)13-7-6-11(15)8-12(13)16/h2-8,18H,1H3,(H,17,19). The molecule has 0 saturated heterocycles. The van der Waals surface area contributed by atoms with Crippen LogP contribution in [0, 0.1) is 18.6 Å². The third-order valence-electron chi connectivity index (χ3n) is 2.80. The van der Waals surface area contributed by atoms with Gasteiger partial charge in [-0.15, -0.1) is 4.83 Å². The molecule has 0 saturated carbocycles. The molecule has 0 heterocycles. The van der Waals surface area contributed by atoms with Crippen LogP contribution in [0.2, 0.25) is 0 Å². The zero-order chi connectivity index (χ0) is 16.3. The number of rotatable bonds is 4. The summed E-state index contributed by atoms with van der Waals surface area (Å²) in [6.07, 6.45) is 0. The van der Waals surface area contributed by atoms with Crippen molar-refractivity contribution in [2.24, 2.45) is 0 Å². The highest BCUT2D eigenvalue weighted by Gasteiger charge is 2.20. The Hall–Kier alpha value is -2.32. The molecule has 0 bridgehead atoms. The third-order valence-corrected chi connectivity index (χ3v) is 4.08. The molecule has 22 heavy (non-hydrogen) atoms. The van der Waals surface area contributed by atoms with E-state index in [0.717, 1.165) is 17.7 Å². The van der Waals surface area contributed by atoms with E-state index in [4.69, 9.17) is 0 Å². The topological polar surface area (TPSA) is 75.3 Å². The van der Waals surface area contributed by atoms with E-state index in [0.29, 0.717) is 6.07 Å². The molecule has 1 amide bonds. The number of hydrazine groups is 1. The van der Waals surface area contributed by atoms with Gasteiger partial charge in [0.1, 0.15) is 16.5 Å². The maximum atomic E-state index is 13.5. The van der Waals surface area contributed by atoms with Crippen molar-refractivity contribution in [1.29, 1.82) is 0 Å². The quantitative estimate of drug-likeness (QED) is 0.843. The van der Waals surface area contributed by atoms with Gasteiger partial charge in [0, 0.05) is 11.6 Å². The number of carbonyl (C=O) groups is 1. The van der Waals surface area contributed by atoms with Crippen molar-refractivity contribution in [1.82, 2.24) is 10.3 Å². The van der Waals surface area contributed by atoms with Crippen molar-refractivity contribution in [3.05, 3.63) is 65.2 Å². The van der Waals surface area contributed by atoms with Crippen LogP contribution in [0.3, 0.4) is 0 Å². The molecular formula is C14H12F2N2O3S. The second-order valence-corrected chi connectivity index (χ2v) is 6.15. The van der Waals surface area contributed by atoms with Gasteiger partial charge in [-0.25, -0.2) is 17.2 Å². The molecule has 0 radical (unpaired) electrons. The molecule has 2 aromatic rings. The van der Waals surface area contributed by atoms with Gasteiger partial charge in [-0.2, -0.15) is 0 Å². The first-order chi connectivity index (χ1) is 10.3. The summed E-state index contributed by atoms with van der Waals surface area (Å²) in [6.45, 7) is 1.84. The van der Waals surface area contributed by atoms with Gasteiger partial charge in [0.2, 0.25) is 0 Å². The summed E-state index contributed by atoms with van der Waals surface area (Å²) in [4.78, 5) is 12.8. The maximum Gasteiger partial charge on any atom is 0.266 e. The minimum Gasteiger partial charge on any atom is -0.273 e. The fourth-order valence-electron chi connectivity index (χ4n) is 1.64. The normalized spacial score (nSPS) is 11.2. The van der Waals surface area contributed by atoms with E-state index in [1.807, 2.05) is 12.3 Å². The molecule has 0 aliphatic carbocycles. The Morgan fingerprint density at radius 1 is 1.05 bits per heavy atom. The van der Waals surface area contributed by atoms with Crippen LogP contribution in [0.15, 0.2) is 47.4 Å². The number of benzene rings is 2. The Bertz CT molecular complexity index is 805. The van der Waals surface area contributed by atoms with E-state index in [1.54, 1.807) is 17.0 Å². The summed E-state index contributed by atoms with van der Waals surface area (Å²) < 4.78 is 50.0. The molecule has 8 heteroatoms. The molecule has 2 rings (SSSR count). The summed E-state index contributed by atoms with van der Waals surface area (Å²) in [5.41, 5.74) is 3.13. The number of halogens is 2. The summed E-state index contributed by atoms with van der Waals surface area (Å²) in [7, 11) is -4.34. The van der Waals surface area contributed by atoms with Crippen molar-refractivity contribution in [2.75, 3.05) is 0 Å². The lowest BCUT2D eigenvalue weighted by Gasteiger charge is -2.09. The van der Waals surface area contributed by atoms with Crippen LogP contribution >= 0.6 is 0 Å². The molecule has 0 unspecified atom stereocenters. The third kappa shape index (κ3) is 3.66. The lowest BCUT2D eigenvalue weighted by atomic mass is 10.1. The Labute approximate surface area is 126 Å². The van der Waals surface area contributed by atoms with E-state index < -0.39 is 32.5 Å². The maximum absolute atomic E-state index is 13.5. The smallest absolute Gasteiger partial charge is 0.266 e. The zero-order valence-corrected chi connectivity index (χ0v) is 12.2. The zero-order valence-electron chi connectivity index (χ0n) is 11.4. The van der Waals surface area contributed by atoms with Crippen molar-refractivity contribution < 1.29 is 22.0 Å². The fraction of sp³-hybridized carbons (Fsp3) is 0.0714. The van der Waals surface area contributed by atoms with E-state index in [2.05, 4.69) is 0 Å². The predicted molar refractivity (Wildman–Crippen MR) is 75.3 cm³/mol. The summed E-state index contributed by atoms with van der Waals surface area (Å²) in [6, 6.07) is 8.40. The van der Waals surface area contributed by atoms with Crippen LogP contribution in [0.25, 0.3) is 0 Å². The molecule has 0 aliphatic heterocycles. The van der Waals surface area contributed by atoms with Crippen LogP contribution in [0.5, 0.6) is 0 Å². The van der Waals surface area contributed by atoms with Crippen LogP contribution in [-0.2, 0) is 10.0 Å². The SMILES string of the molecule is Cc1ccc(C(=O)NNS(=O)(=O)c2ccc(F)cc2F)cc1. The molecule has 2 N–H and O–H groups in total. The van der Waals surface area contributed by atoms with Crippen LogP contribution < -0.4 is 10.3 Å². The van der Waals surface area contributed by atoms with Gasteiger partial charge in [-0.05, 0) is 31.2 Å². The van der Waals surface area contributed by atoms with Gasteiger partial charge >= 0.3 is 0 Å². The van der Waals surface area contributed by atoms with Gasteiger partial charge in [0.15, 0.2) is 0 Å². The average Bonchev–Trinajstić information content (AvgIpc) is 2.45. The lowest BCUT2D eigenvalue weighted by molar-refractivity contribution is 0.0945. The van der Waals surface area contributed by atoms with Crippen molar-refractivity contribution in [2.45, 2.75) is 11.8 Å². The number of aryl methyl sites for hydroxylation is 1. The van der Waals surface area contributed by atoms with E-state index in [1.165, 1.54) is 12.1 Å². The highest BCUT2D eigenvalue weighted by atomic mass is 32.2. The van der Waals surface area contributed by atoms with E-state index in [-0.39, 0.29) is 5.56 Å². The van der Waals surface area contributed by atoms with Gasteiger partial charge in [0.25, 0.3) is 15.9 Å². The molecule has 2 aromatic carbocycles. The van der Waals surface area contributed by atoms with Gasteiger partial charge in [0.05, 0.1) is 0 Å². The average molecular weight is 326 g/mol.